The highest BCUT2D eigenvalue weighted by atomic mass is 32.2. The van der Waals surface area contributed by atoms with Gasteiger partial charge in [0.2, 0.25) is 5.91 Å². The number of hydrogen-bond acceptors (Lipinski definition) is 5. The predicted molar refractivity (Wildman–Crippen MR) is 62.3 cm³/mol. The van der Waals surface area contributed by atoms with E-state index in [2.05, 4.69) is 0 Å². The van der Waals surface area contributed by atoms with Crippen molar-refractivity contribution in [1.29, 1.82) is 0 Å². The van der Waals surface area contributed by atoms with E-state index in [1.807, 2.05) is 0 Å². The Hall–Kier alpha value is -0.660. The van der Waals surface area contributed by atoms with E-state index in [0.29, 0.717) is 6.42 Å². The topological polar surface area (TPSA) is 83.9 Å². The Morgan fingerprint density at radius 1 is 1.59 bits per heavy atom. The zero-order valence-corrected chi connectivity index (χ0v) is 10.9. The molecule has 1 amide bonds. The molecular weight excluding hydrogens is 246 g/mol. The van der Waals surface area contributed by atoms with Gasteiger partial charge >= 0.3 is 0 Å². The fraction of sp³-hybridized carbons (Fsp3) is 0.900. The molecule has 1 aliphatic heterocycles. The average Bonchev–Trinajstić information content (AvgIpc) is 2.58. The molecule has 6 nitrogen and oxygen atoms in total. The number of ether oxygens (including phenoxy) is 1. The van der Waals surface area contributed by atoms with Crippen LogP contribution in [0.5, 0.6) is 0 Å². The Labute approximate surface area is 101 Å². The number of hydrogen-bond donors (Lipinski definition) is 1. The Kier molecular flexibility index (Phi) is 4.91. The monoisotopic (exact) mass is 265 g/mol. The van der Waals surface area contributed by atoms with Gasteiger partial charge in [-0.1, -0.05) is 0 Å². The number of methoxy groups -OCH3 is 1. The first-order valence-corrected chi connectivity index (χ1v) is 7.30. The quantitative estimate of drug-likeness (QED) is 0.681. The van der Waals surface area contributed by atoms with Crippen LogP contribution in [0.4, 0.5) is 0 Å². The van der Waals surface area contributed by atoms with Crippen LogP contribution in [-0.4, -0.2) is 69.3 Å². The summed E-state index contributed by atoms with van der Waals surface area (Å²) in [5.41, 5.74) is 0. The van der Waals surface area contributed by atoms with Crippen LogP contribution in [0.1, 0.15) is 6.42 Å². The van der Waals surface area contributed by atoms with Crippen molar-refractivity contribution in [3.63, 3.8) is 0 Å². The van der Waals surface area contributed by atoms with Crippen LogP contribution in [-0.2, 0) is 19.4 Å². The third-order valence-corrected chi connectivity index (χ3v) is 4.57. The number of nitrogens with zero attached hydrogens (tertiary/aromatic N) is 1. The molecule has 1 aliphatic rings. The highest BCUT2D eigenvalue weighted by Crippen LogP contribution is 2.20. The maximum Gasteiger partial charge on any atom is 0.226 e. The van der Waals surface area contributed by atoms with Crippen molar-refractivity contribution in [3.8, 4) is 0 Å². The molecule has 0 saturated carbocycles. The molecule has 0 radical (unpaired) electrons. The smallest absolute Gasteiger partial charge is 0.226 e. The van der Waals surface area contributed by atoms with Crippen LogP contribution in [0.3, 0.4) is 0 Å². The molecule has 0 spiro atoms. The molecule has 2 atom stereocenters. The molecule has 1 fully saturated rings. The summed E-state index contributed by atoms with van der Waals surface area (Å²) in [4.78, 5) is 13.3. The van der Waals surface area contributed by atoms with Gasteiger partial charge in [0, 0.05) is 20.7 Å². The normalized spacial score (nSPS) is 24.5. The molecule has 1 N–H and O–H groups in total. The highest BCUT2D eigenvalue weighted by molar-refractivity contribution is 7.91. The lowest BCUT2D eigenvalue weighted by atomic mass is 10.1. The standard InChI is InChI=1S/C10H19NO5S/c1-11(5-9(12)6-16-2)10(13)8-3-4-17(14,15)7-8/h8-9,12H,3-7H2,1-2H3. The third-order valence-electron chi connectivity index (χ3n) is 2.80. The van der Waals surface area contributed by atoms with Gasteiger partial charge in [0.15, 0.2) is 9.84 Å². The molecule has 2 unspecified atom stereocenters. The van der Waals surface area contributed by atoms with Crippen molar-refractivity contribution < 1.29 is 23.1 Å². The minimum absolute atomic E-state index is 0.0729. The van der Waals surface area contributed by atoms with Gasteiger partial charge in [-0.15, -0.1) is 0 Å². The Bertz CT molecular complexity index is 367. The molecule has 0 aromatic rings. The summed E-state index contributed by atoms with van der Waals surface area (Å²) in [5, 5.41) is 9.48. The first-order valence-electron chi connectivity index (χ1n) is 5.48. The Morgan fingerprint density at radius 2 is 2.24 bits per heavy atom. The molecule has 1 rings (SSSR count). The van der Waals surface area contributed by atoms with Crippen LogP contribution in [0.2, 0.25) is 0 Å². The molecule has 7 heteroatoms. The van der Waals surface area contributed by atoms with E-state index >= 15 is 0 Å². The molecule has 1 saturated heterocycles. The van der Waals surface area contributed by atoms with Crippen molar-refractivity contribution in [2.45, 2.75) is 12.5 Å². The maximum absolute atomic E-state index is 11.9. The number of likely N-dealkylation sites (N-methyl/N-ethyl adjacent to an activating group) is 1. The molecule has 17 heavy (non-hydrogen) atoms. The number of aliphatic hydroxyl groups excluding tert-OH is 1. The molecule has 0 aromatic carbocycles. The largest absolute Gasteiger partial charge is 0.389 e. The maximum atomic E-state index is 11.9. The molecule has 0 aliphatic carbocycles. The molecule has 1 heterocycles. The lowest BCUT2D eigenvalue weighted by Gasteiger charge is -2.22. The predicted octanol–water partition coefficient (Wildman–Crippen LogP) is -1.11. The summed E-state index contributed by atoms with van der Waals surface area (Å²) in [6, 6.07) is 0. The number of aliphatic hydroxyl groups is 1. The second-order valence-corrected chi connectivity index (χ2v) is 6.66. The lowest BCUT2D eigenvalue weighted by Crippen LogP contribution is -2.39. The third kappa shape index (κ3) is 4.25. The van der Waals surface area contributed by atoms with Crippen molar-refractivity contribution >= 4 is 15.7 Å². The zero-order valence-electron chi connectivity index (χ0n) is 10.1. The van der Waals surface area contributed by atoms with E-state index in [9.17, 15) is 18.3 Å². The average molecular weight is 265 g/mol. The zero-order chi connectivity index (χ0) is 13.1. The molecule has 0 bridgehead atoms. The van der Waals surface area contributed by atoms with Gasteiger partial charge < -0.3 is 14.7 Å². The first-order chi connectivity index (χ1) is 7.85. The number of amides is 1. The minimum atomic E-state index is -3.05. The number of carbonyl (C=O) groups is 1. The van der Waals surface area contributed by atoms with Gasteiger partial charge in [-0.25, -0.2) is 8.42 Å². The lowest BCUT2D eigenvalue weighted by molar-refractivity contribution is -0.135. The molecular formula is C10H19NO5S. The van der Waals surface area contributed by atoms with Gasteiger partial charge in [-0.05, 0) is 6.42 Å². The Morgan fingerprint density at radius 3 is 2.71 bits per heavy atom. The minimum Gasteiger partial charge on any atom is -0.389 e. The number of sulfone groups is 1. The van der Waals surface area contributed by atoms with E-state index in [4.69, 9.17) is 4.74 Å². The van der Waals surface area contributed by atoms with E-state index < -0.39 is 21.9 Å². The highest BCUT2D eigenvalue weighted by Gasteiger charge is 2.34. The van der Waals surface area contributed by atoms with E-state index in [1.165, 1.54) is 12.0 Å². The van der Waals surface area contributed by atoms with E-state index in [0.717, 1.165) is 0 Å². The summed E-state index contributed by atoms with van der Waals surface area (Å²) >= 11 is 0. The summed E-state index contributed by atoms with van der Waals surface area (Å²) in [6.07, 6.45) is -0.363. The van der Waals surface area contributed by atoms with Gasteiger partial charge in [0.25, 0.3) is 0 Å². The fourth-order valence-corrected chi connectivity index (χ4v) is 3.69. The number of carbonyl (C=O) groups excluding carboxylic acids is 1. The Balaban J connectivity index is 2.47. The fourth-order valence-electron chi connectivity index (χ4n) is 1.95. The van der Waals surface area contributed by atoms with Crippen molar-refractivity contribution in [1.82, 2.24) is 4.90 Å². The van der Waals surface area contributed by atoms with Gasteiger partial charge in [-0.2, -0.15) is 0 Å². The molecule has 0 aromatic heterocycles. The molecule has 100 valence electrons. The summed E-state index contributed by atoms with van der Waals surface area (Å²) in [6.45, 7) is 0.309. The van der Waals surface area contributed by atoms with Gasteiger partial charge in [-0.3, -0.25) is 4.79 Å². The van der Waals surface area contributed by atoms with E-state index in [-0.39, 0.29) is 30.6 Å². The van der Waals surface area contributed by atoms with Gasteiger partial charge in [0.1, 0.15) is 0 Å². The summed E-state index contributed by atoms with van der Waals surface area (Å²) in [5.74, 6) is -0.671. The van der Waals surface area contributed by atoms with Crippen molar-refractivity contribution in [3.05, 3.63) is 0 Å². The van der Waals surface area contributed by atoms with Gasteiger partial charge in [0.05, 0.1) is 30.1 Å². The first kappa shape index (κ1) is 14.4. The second kappa shape index (κ2) is 5.79. The van der Waals surface area contributed by atoms with Crippen LogP contribution in [0.15, 0.2) is 0 Å². The van der Waals surface area contributed by atoms with Crippen molar-refractivity contribution in [2.75, 3.05) is 38.8 Å². The second-order valence-electron chi connectivity index (χ2n) is 4.43. The van der Waals surface area contributed by atoms with Crippen LogP contribution in [0, 0.1) is 5.92 Å². The number of rotatable bonds is 5. The summed E-state index contributed by atoms with van der Waals surface area (Å²) < 4.78 is 27.3. The summed E-state index contributed by atoms with van der Waals surface area (Å²) in [7, 11) is -0.0189. The van der Waals surface area contributed by atoms with E-state index in [1.54, 1.807) is 7.05 Å². The van der Waals surface area contributed by atoms with Crippen LogP contribution in [0.25, 0.3) is 0 Å². The van der Waals surface area contributed by atoms with Crippen LogP contribution >= 0.6 is 0 Å². The SMILES string of the molecule is COCC(O)CN(C)C(=O)C1CCS(=O)(=O)C1. The van der Waals surface area contributed by atoms with Crippen LogP contribution < -0.4 is 0 Å². The van der Waals surface area contributed by atoms with Crippen molar-refractivity contribution in [2.24, 2.45) is 5.92 Å².